The second kappa shape index (κ2) is 12.2. The molecule has 8 nitrogen and oxygen atoms in total. The van der Waals surface area contributed by atoms with Gasteiger partial charge in [0.05, 0.1) is 18.4 Å². The van der Waals surface area contributed by atoms with Gasteiger partial charge < -0.3 is 14.8 Å². The first kappa shape index (κ1) is 27.9. The Morgan fingerprint density at radius 1 is 0.923 bits per heavy atom. The molecule has 0 saturated heterocycles. The standard InChI is InChI=1S/C30H32N4O4S/c1-20-6-14-24(15-7-20)34-26(18-38-25-16-10-22(11-17-25)30(2,3)4)32-33-29(34)39-19-27(35)31-23-12-8-21(9-13-23)28(36)37-5/h6-17H,18-19H2,1-5H3,(H,31,35). The van der Waals surface area contributed by atoms with Gasteiger partial charge in [-0.2, -0.15) is 0 Å². The van der Waals surface area contributed by atoms with Crippen molar-refractivity contribution in [2.45, 2.75) is 44.9 Å². The summed E-state index contributed by atoms with van der Waals surface area (Å²) in [4.78, 5) is 24.3. The number of nitrogens with one attached hydrogen (secondary N) is 1. The minimum atomic E-state index is -0.430. The van der Waals surface area contributed by atoms with Crippen LogP contribution in [-0.4, -0.2) is 39.5 Å². The summed E-state index contributed by atoms with van der Waals surface area (Å²) in [5.74, 6) is 0.854. The molecule has 9 heteroatoms. The number of nitrogens with zero attached hydrogens (tertiary/aromatic N) is 3. The summed E-state index contributed by atoms with van der Waals surface area (Å²) in [5.41, 5.74) is 4.31. The molecular formula is C30H32N4O4S. The number of rotatable bonds is 9. The molecule has 3 aromatic carbocycles. The van der Waals surface area contributed by atoms with E-state index in [2.05, 4.69) is 48.4 Å². The lowest BCUT2D eigenvalue weighted by molar-refractivity contribution is -0.113. The molecule has 1 N–H and O–H groups in total. The number of methoxy groups -OCH3 is 1. The molecule has 0 fully saturated rings. The molecule has 1 amide bonds. The fourth-order valence-electron chi connectivity index (χ4n) is 3.77. The molecule has 0 saturated carbocycles. The fourth-order valence-corrected chi connectivity index (χ4v) is 4.54. The predicted octanol–water partition coefficient (Wildman–Crippen LogP) is 5.97. The van der Waals surface area contributed by atoms with E-state index in [1.165, 1.54) is 24.4 Å². The third kappa shape index (κ3) is 7.26. The van der Waals surface area contributed by atoms with Crippen LogP contribution in [0.25, 0.3) is 5.69 Å². The number of hydrogen-bond acceptors (Lipinski definition) is 7. The van der Waals surface area contributed by atoms with Crippen molar-refractivity contribution in [3.8, 4) is 11.4 Å². The molecule has 39 heavy (non-hydrogen) atoms. The van der Waals surface area contributed by atoms with Crippen molar-refractivity contribution in [2.24, 2.45) is 0 Å². The average molecular weight is 545 g/mol. The highest BCUT2D eigenvalue weighted by molar-refractivity contribution is 7.99. The van der Waals surface area contributed by atoms with E-state index >= 15 is 0 Å². The quantitative estimate of drug-likeness (QED) is 0.205. The van der Waals surface area contributed by atoms with Crippen LogP contribution in [0.4, 0.5) is 5.69 Å². The van der Waals surface area contributed by atoms with Crippen molar-refractivity contribution in [3.63, 3.8) is 0 Å². The van der Waals surface area contributed by atoms with Gasteiger partial charge in [-0.25, -0.2) is 4.79 Å². The molecule has 0 aliphatic rings. The van der Waals surface area contributed by atoms with Crippen LogP contribution in [0.1, 0.15) is 48.1 Å². The number of aromatic nitrogens is 3. The Balaban J connectivity index is 1.46. The van der Waals surface area contributed by atoms with Crippen LogP contribution in [-0.2, 0) is 21.6 Å². The minimum absolute atomic E-state index is 0.0646. The van der Waals surface area contributed by atoms with Crippen molar-refractivity contribution >= 4 is 29.3 Å². The van der Waals surface area contributed by atoms with E-state index in [1.54, 1.807) is 24.3 Å². The largest absolute Gasteiger partial charge is 0.486 e. The number of amides is 1. The third-order valence-corrected chi connectivity index (χ3v) is 6.93. The van der Waals surface area contributed by atoms with Gasteiger partial charge in [-0.3, -0.25) is 9.36 Å². The van der Waals surface area contributed by atoms with E-state index in [1.807, 2.05) is 47.9 Å². The Bertz CT molecular complexity index is 1420. The first-order chi connectivity index (χ1) is 18.6. The van der Waals surface area contributed by atoms with E-state index in [4.69, 9.17) is 9.47 Å². The fraction of sp³-hybridized carbons (Fsp3) is 0.267. The average Bonchev–Trinajstić information content (AvgIpc) is 3.33. The van der Waals surface area contributed by atoms with Gasteiger partial charge in [0.1, 0.15) is 12.4 Å². The van der Waals surface area contributed by atoms with Crippen LogP contribution in [0, 0.1) is 6.92 Å². The van der Waals surface area contributed by atoms with Gasteiger partial charge in [-0.15, -0.1) is 10.2 Å². The molecule has 4 rings (SSSR count). The second-order valence-corrected chi connectivity index (χ2v) is 11.0. The van der Waals surface area contributed by atoms with Crippen molar-refractivity contribution < 1.29 is 19.1 Å². The maximum absolute atomic E-state index is 12.7. The number of thioether (sulfide) groups is 1. The number of ether oxygens (including phenoxy) is 2. The molecule has 0 aliphatic heterocycles. The van der Waals surface area contributed by atoms with Gasteiger partial charge in [-0.1, -0.05) is 62.4 Å². The number of hydrogen-bond donors (Lipinski definition) is 1. The highest BCUT2D eigenvalue weighted by atomic mass is 32.2. The molecule has 4 aromatic rings. The Hall–Kier alpha value is -4.11. The highest BCUT2D eigenvalue weighted by Crippen LogP contribution is 2.26. The SMILES string of the molecule is COC(=O)c1ccc(NC(=O)CSc2nnc(COc3ccc(C(C)(C)C)cc3)n2-c2ccc(C)cc2)cc1. The zero-order valence-corrected chi connectivity index (χ0v) is 23.5. The summed E-state index contributed by atoms with van der Waals surface area (Å²) in [6, 6.07) is 22.6. The third-order valence-electron chi connectivity index (χ3n) is 6.00. The van der Waals surface area contributed by atoms with Gasteiger partial charge in [0.2, 0.25) is 5.91 Å². The van der Waals surface area contributed by atoms with Gasteiger partial charge in [0.25, 0.3) is 0 Å². The molecule has 0 aliphatic carbocycles. The van der Waals surface area contributed by atoms with E-state index in [0.29, 0.717) is 22.2 Å². The van der Waals surface area contributed by atoms with Crippen molar-refractivity contribution in [1.82, 2.24) is 14.8 Å². The monoisotopic (exact) mass is 544 g/mol. The van der Waals surface area contributed by atoms with Crippen molar-refractivity contribution in [3.05, 3.63) is 95.3 Å². The van der Waals surface area contributed by atoms with E-state index < -0.39 is 5.97 Å². The molecule has 0 atom stereocenters. The van der Waals surface area contributed by atoms with Crippen LogP contribution in [0.2, 0.25) is 0 Å². The highest BCUT2D eigenvalue weighted by Gasteiger charge is 2.18. The van der Waals surface area contributed by atoms with Crippen LogP contribution in [0.5, 0.6) is 5.75 Å². The lowest BCUT2D eigenvalue weighted by Crippen LogP contribution is -2.15. The number of anilines is 1. The Kier molecular flexibility index (Phi) is 8.71. The van der Waals surface area contributed by atoms with E-state index in [0.717, 1.165) is 17.0 Å². The molecule has 0 spiro atoms. The van der Waals surface area contributed by atoms with Crippen LogP contribution >= 0.6 is 11.8 Å². The van der Waals surface area contributed by atoms with Gasteiger partial charge in [0, 0.05) is 11.4 Å². The van der Waals surface area contributed by atoms with Gasteiger partial charge in [-0.05, 0) is 66.4 Å². The Morgan fingerprint density at radius 2 is 1.59 bits per heavy atom. The lowest BCUT2D eigenvalue weighted by atomic mass is 9.87. The summed E-state index contributed by atoms with van der Waals surface area (Å²) in [7, 11) is 1.33. The molecule has 0 bridgehead atoms. The maximum Gasteiger partial charge on any atom is 0.337 e. The molecule has 1 aromatic heterocycles. The zero-order chi connectivity index (χ0) is 28.0. The van der Waals surface area contributed by atoms with Crippen molar-refractivity contribution in [2.75, 3.05) is 18.2 Å². The first-order valence-electron chi connectivity index (χ1n) is 12.5. The number of aryl methyl sites for hydroxylation is 1. The number of benzene rings is 3. The second-order valence-electron chi connectivity index (χ2n) is 10.0. The minimum Gasteiger partial charge on any atom is -0.486 e. The van der Waals surface area contributed by atoms with Crippen LogP contribution < -0.4 is 10.1 Å². The lowest BCUT2D eigenvalue weighted by Gasteiger charge is -2.19. The zero-order valence-electron chi connectivity index (χ0n) is 22.7. The normalized spacial score (nSPS) is 11.2. The molecule has 202 valence electrons. The Morgan fingerprint density at radius 3 is 2.21 bits per heavy atom. The molecular weight excluding hydrogens is 512 g/mol. The summed E-state index contributed by atoms with van der Waals surface area (Å²) < 4.78 is 12.7. The topological polar surface area (TPSA) is 95.3 Å². The maximum atomic E-state index is 12.7. The van der Waals surface area contributed by atoms with E-state index in [9.17, 15) is 9.59 Å². The summed E-state index contributed by atoms with van der Waals surface area (Å²) in [6.07, 6.45) is 0. The summed E-state index contributed by atoms with van der Waals surface area (Å²) >= 11 is 1.28. The van der Waals surface area contributed by atoms with Gasteiger partial charge >= 0.3 is 5.97 Å². The van der Waals surface area contributed by atoms with Crippen LogP contribution in [0.3, 0.4) is 0 Å². The predicted molar refractivity (Wildman–Crippen MR) is 153 cm³/mol. The molecule has 0 unspecified atom stereocenters. The number of carbonyl (C=O) groups excluding carboxylic acids is 2. The smallest absolute Gasteiger partial charge is 0.337 e. The van der Waals surface area contributed by atoms with Crippen molar-refractivity contribution in [1.29, 1.82) is 0 Å². The molecule has 1 heterocycles. The van der Waals surface area contributed by atoms with Gasteiger partial charge in [0.15, 0.2) is 11.0 Å². The summed E-state index contributed by atoms with van der Waals surface area (Å²) in [5, 5.41) is 12.2. The summed E-state index contributed by atoms with van der Waals surface area (Å²) in [6.45, 7) is 8.77. The number of esters is 1. The first-order valence-corrected chi connectivity index (χ1v) is 13.5. The van der Waals surface area contributed by atoms with E-state index in [-0.39, 0.29) is 23.7 Å². The van der Waals surface area contributed by atoms with Crippen LogP contribution in [0.15, 0.2) is 78.0 Å². The molecule has 0 radical (unpaired) electrons. The Labute approximate surface area is 232 Å². The number of carbonyl (C=O) groups is 2.